The van der Waals surface area contributed by atoms with Gasteiger partial charge in [-0.1, -0.05) is 23.7 Å². The standard InChI is InChI=1S/C23H23ClFN7O/c1-30-21(26)19-20(14-7-8-16(25)15(24)13-14)27-23(28-22(19)29-30)32-11-9-31(10-12-32)17-5-3-4-6-18(17)33-2/h3-8,13H,9-12,26H2,1-2H3. The van der Waals surface area contributed by atoms with Gasteiger partial charge in [-0.05, 0) is 30.3 Å². The maximum absolute atomic E-state index is 13.8. The number of hydrogen-bond donors (Lipinski definition) is 1. The Morgan fingerprint density at radius 3 is 2.48 bits per heavy atom. The zero-order valence-electron chi connectivity index (χ0n) is 18.3. The van der Waals surface area contributed by atoms with Crippen molar-refractivity contribution in [2.45, 2.75) is 0 Å². The van der Waals surface area contributed by atoms with Crippen LogP contribution in [0.1, 0.15) is 0 Å². The summed E-state index contributed by atoms with van der Waals surface area (Å²) in [6, 6.07) is 12.5. The molecule has 2 N–H and O–H groups in total. The Kier molecular flexibility index (Phi) is 5.41. The summed E-state index contributed by atoms with van der Waals surface area (Å²) in [5, 5.41) is 5.10. The number of benzene rings is 2. The molecule has 33 heavy (non-hydrogen) atoms. The SMILES string of the molecule is COc1ccccc1N1CCN(c2nc(-c3ccc(F)c(Cl)c3)c3c(N)n(C)nc3n2)CC1. The predicted molar refractivity (Wildman–Crippen MR) is 129 cm³/mol. The molecule has 170 valence electrons. The Labute approximate surface area is 195 Å². The van der Waals surface area contributed by atoms with Gasteiger partial charge >= 0.3 is 0 Å². The first-order valence-electron chi connectivity index (χ1n) is 10.5. The number of rotatable bonds is 4. The molecule has 2 aromatic heterocycles. The molecule has 2 aromatic carbocycles. The van der Waals surface area contributed by atoms with Crippen LogP contribution in [0, 0.1) is 5.82 Å². The van der Waals surface area contributed by atoms with E-state index in [9.17, 15) is 4.39 Å². The van der Waals surface area contributed by atoms with Crippen LogP contribution < -0.4 is 20.3 Å². The Bertz CT molecular complexity index is 1330. The molecule has 8 nitrogen and oxygen atoms in total. The maximum atomic E-state index is 13.8. The fourth-order valence-corrected chi connectivity index (χ4v) is 4.32. The normalized spacial score (nSPS) is 14.2. The van der Waals surface area contributed by atoms with E-state index in [0.717, 1.165) is 37.6 Å². The molecule has 0 bridgehead atoms. The van der Waals surface area contributed by atoms with Crippen LogP contribution >= 0.6 is 11.6 Å². The van der Waals surface area contributed by atoms with Gasteiger partial charge < -0.3 is 20.3 Å². The minimum absolute atomic E-state index is 0.0219. The second kappa shape index (κ2) is 8.40. The average molecular weight is 468 g/mol. The monoisotopic (exact) mass is 467 g/mol. The highest BCUT2D eigenvalue weighted by Crippen LogP contribution is 2.34. The molecular formula is C23H23ClFN7O. The molecule has 0 unspecified atom stereocenters. The molecule has 1 fully saturated rings. The van der Waals surface area contributed by atoms with Crippen LogP contribution in [0.4, 0.5) is 21.8 Å². The third-order valence-corrected chi connectivity index (χ3v) is 6.20. The zero-order chi connectivity index (χ0) is 23.1. The number of hydrogen-bond acceptors (Lipinski definition) is 7. The van der Waals surface area contributed by atoms with Gasteiger partial charge in [0, 0.05) is 38.8 Å². The lowest BCUT2D eigenvalue weighted by atomic mass is 10.1. The van der Waals surface area contributed by atoms with Crippen molar-refractivity contribution in [3.8, 4) is 17.0 Å². The highest BCUT2D eigenvalue weighted by molar-refractivity contribution is 6.31. The molecule has 3 heterocycles. The van der Waals surface area contributed by atoms with Crippen LogP contribution in [0.15, 0.2) is 42.5 Å². The van der Waals surface area contributed by atoms with Crippen LogP contribution in [0.2, 0.25) is 5.02 Å². The number of piperazine rings is 1. The average Bonchev–Trinajstić information content (AvgIpc) is 3.13. The number of fused-ring (bicyclic) bond motifs is 1. The van der Waals surface area contributed by atoms with Crippen molar-refractivity contribution in [2.75, 3.05) is 48.8 Å². The van der Waals surface area contributed by atoms with Crippen LogP contribution in [-0.4, -0.2) is 53.0 Å². The molecule has 0 amide bonds. The lowest BCUT2D eigenvalue weighted by Crippen LogP contribution is -2.47. The van der Waals surface area contributed by atoms with E-state index in [1.165, 1.54) is 6.07 Å². The van der Waals surface area contributed by atoms with Crippen molar-refractivity contribution in [3.05, 3.63) is 53.3 Å². The van der Waals surface area contributed by atoms with Crippen LogP contribution in [0.25, 0.3) is 22.3 Å². The minimum atomic E-state index is -0.488. The second-order valence-corrected chi connectivity index (χ2v) is 8.26. The number of nitrogen functional groups attached to an aromatic ring is 1. The summed E-state index contributed by atoms with van der Waals surface area (Å²) in [6.45, 7) is 3.00. The quantitative estimate of drug-likeness (QED) is 0.489. The first-order chi connectivity index (χ1) is 16.0. The summed E-state index contributed by atoms with van der Waals surface area (Å²) in [6.07, 6.45) is 0. The number of methoxy groups -OCH3 is 1. The third-order valence-electron chi connectivity index (χ3n) is 5.91. The molecule has 0 radical (unpaired) electrons. The first-order valence-corrected chi connectivity index (χ1v) is 10.9. The Morgan fingerprint density at radius 1 is 1.03 bits per heavy atom. The van der Waals surface area contributed by atoms with Gasteiger partial charge in [0.05, 0.1) is 28.9 Å². The van der Waals surface area contributed by atoms with E-state index in [1.54, 1.807) is 31.0 Å². The number of anilines is 3. The molecular weight excluding hydrogens is 445 g/mol. The van der Waals surface area contributed by atoms with Crippen LogP contribution in [0.5, 0.6) is 5.75 Å². The number of aromatic nitrogens is 4. The molecule has 10 heteroatoms. The fraction of sp³-hybridized carbons (Fsp3) is 0.261. The predicted octanol–water partition coefficient (Wildman–Crippen LogP) is 3.74. The molecule has 0 spiro atoms. The van der Waals surface area contributed by atoms with Gasteiger partial charge in [0.25, 0.3) is 0 Å². The topological polar surface area (TPSA) is 85.3 Å². The van der Waals surface area contributed by atoms with E-state index in [0.29, 0.717) is 34.1 Å². The lowest BCUT2D eigenvalue weighted by Gasteiger charge is -2.36. The van der Waals surface area contributed by atoms with E-state index in [4.69, 9.17) is 32.0 Å². The van der Waals surface area contributed by atoms with Gasteiger partial charge in [-0.15, -0.1) is 0 Å². The van der Waals surface area contributed by atoms with Crippen molar-refractivity contribution in [3.63, 3.8) is 0 Å². The number of nitrogens with zero attached hydrogens (tertiary/aromatic N) is 6. The minimum Gasteiger partial charge on any atom is -0.495 e. The van der Waals surface area contributed by atoms with Gasteiger partial charge in [-0.3, -0.25) is 4.68 Å². The highest BCUT2D eigenvalue weighted by atomic mass is 35.5. The molecule has 1 saturated heterocycles. The Morgan fingerprint density at radius 2 is 1.76 bits per heavy atom. The largest absolute Gasteiger partial charge is 0.495 e. The number of aryl methyl sites for hydroxylation is 1. The van der Waals surface area contributed by atoms with Gasteiger partial charge in [0.1, 0.15) is 17.4 Å². The summed E-state index contributed by atoms with van der Waals surface area (Å²) in [4.78, 5) is 13.9. The molecule has 4 aromatic rings. The highest BCUT2D eigenvalue weighted by Gasteiger charge is 2.24. The van der Waals surface area contributed by atoms with E-state index < -0.39 is 5.82 Å². The Hall–Kier alpha value is -3.59. The van der Waals surface area contributed by atoms with Gasteiger partial charge in [-0.25, -0.2) is 9.37 Å². The summed E-state index contributed by atoms with van der Waals surface area (Å²) >= 11 is 6.05. The van der Waals surface area contributed by atoms with E-state index >= 15 is 0 Å². The van der Waals surface area contributed by atoms with E-state index in [-0.39, 0.29) is 5.02 Å². The van der Waals surface area contributed by atoms with Crippen molar-refractivity contribution < 1.29 is 9.13 Å². The number of halogens is 2. The van der Waals surface area contributed by atoms with Gasteiger partial charge in [0.2, 0.25) is 5.95 Å². The number of nitrogens with two attached hydrogens (primary N) is 1. The second-order valence-electron chi connectivity index (χ2n) is 7.85. The van der Waals surface area contributed by atoms with Crippen molar-refractivity contribution in [1.82, 2.24) is 19.7 Å². The van der Waals surface area contributed by atoms with Crippen molar-refractivity contribution >= 4 is 40.1 Å². The molecule has 1 aliphatic rings. The van der Waals surface area contributed by atoms with E-state index in [1.807, 2.05) is 18.2 Å². The van der Waals surface area contributed by atoms with Gasteiger partial charge in [0.15, 0.2) is 5.65 Å². The van der Waals surface area contributed by atoms with Crippen LogP contribution in [0.3, 0.4) is 0 Å². The summed E-state index contributed by atoms with van der Waals surface area (Å²) in [5.74, 6) is 1.35. The first kappa shape index (κ1) is 21.3. The summed E-state index contributed by atoms with van der Waals surface area (Å²) in [5.41, 5.74) is 9.05. The van der Waals surface area contributed by atoms with Gasteiger partial charge in [-0.2, -0.15) is 10.1 Å². The number of para-hydroxylation sites is 2. The maximum Gasteiger partial charge on any atom is 0.228 e. The fourth-order valence-electron chi connectivity index (χ4n) is 4.14. The third kappa shape index (κ3) is 3.78. The smallest absolute Gasteiger partial charge is 0.228 e. The van der Waals surface area contributed by atoms with E-state index in [2.05, 4.69) is 21.0 Å². The molecule has 0 atom stereocenters. The lowest BCUT2D eigenvalue weighted by molar-refractivity contribution is 0.413. The Balaban J connectivity index is 1.50. The molecule has 0 saturated carbocycles. The molecule has 1 aliphatic heterocycles. The van der Waals surface area contributed by atoms with Crippen molar-refractivity contribution in [2.24, 2.45) is 7.05 Å². The molecule has 0 aliphatic carbocycles. The summed E-state index contributed by atoms with van der Waals surface area (Å²) < 4.78 is 20.9. The summed E-state index contributed by atoms with van der Waals surface area (Å²) in [7, 11) is 3.43. The zero-order valence-corrected chi connectivity index (χ0v) is 19.1. The van der Waals surface area contributed by atoms with Crippen molar-refractivity contribution in [1.29, 1.82) is 0 Å². The number of ether oxygens (including phenoxy) is 1. The molecule has 5 rings (SSSR count). The van der Waals surface area contributed by atoms with Crippen LogP contribution in [-0.2, 0) is 7.05 Å².